The van der Waals surface area contributed by atoms with Gasteiger partial charge in [0.05, 0.1) is 4.83 Å². The SMILES string of the molecule is Fc1ccc2cc(C(Br)c3ccc(F)c(F)c3)sc2c1. The Morgan fingerprint density at radius 1 is 0.900 bits per heavy atom. The second-order valence-corrected chi connectivity index (χ2v) is 6.40. The van der Waals surface area contributed by atoms with E-state index in [1.807, 2.05) is 6.07 Å². The van der Waals surface area contributed by atoms with Crippen LogP contribution in [-0.2, 0) is 0 Å². The van der Waals surface area contributed by atoms with Gasteiger partial charge in [0.2, 0.25) is 0 Å². The van der Waals surface area contributed by atoms with Crippen LogP contribution in [0.2, 0.25) is 0 Å². The van der Waals surface area contributed by atoms with Gasteiger partial charge in [-0.3, -0.25) is 0 Å². The number of hydrogen-bond donors (Lipinski definition) is 0. The van der Waals surface area contributed by atoms with E-state index in [0.29, 0.717) is 5.56 Å². The number of benzene rings is 2. The highest BCUT2D eigenvalue weighted by molar-refractivity contribution is 9.09. The highest BCUT2D eigenvalue weighted by Gasteiger charge is 2.15. The highest BCUT2D eigenvalue weighted by atomic mass is 79.9. The lowest BCUT2D eigenvalue weighted by atomic mass is 10.1. The van der Waals surface area contributed by atoms with Gasteiger partial charge in [-0.2, -0.15) is 0 Å². The fraction of sp³-hybridized carbons (Fsp3) is 0.0667. The summed E-state index contributed by atoms with van der Waals surface area (Å²) < 4.78 is 40.2. The summed E-state index contributed by atoms with van der Waals surface area (Å²) in [5.74, 6) is -2.03. The van der Waals surface area contributed by atoms with Crippen molar-refractivity contribution in [2.24, 2.45) is 0 Å². The zero-order valence-electron chi connectivity index (χ0n) is 10.0. The fourth-order valence-electron chi connectivity index (χ4n) is 1.98. The molecule has 0 spiro atoms. The Labute approximate surface area is 126 Å². The molecule has 3 rings (SSSR count). The Hall–Kier alpha value is -1.33. The van der Waals surface area contributed by atoms with E-state index in [1.54, 1.807) is 6.07 Å². The van der Waals surface area contributed by atoms with Crippen LogP contribution in [0.3, 0.4) is 0 Å². The highest BCUT2D eigenvalue weighted by Crippen LogP contribution is 2.38. The molecular weight excluding hydrogens is 349 g/mol. The minimum Gasteiger partial charge on any atom is -0.207 e. The van der Waals surface area contributed by atoms with Gasteiger partial charge in [-0.15, -0.1) is 11.3 Å². The van der Waals surface area contributed by atoms with Gasteiger partial charge in [0.15, 0.2) is 11.6 Å². The zero-order chi connectivity index (χ0) is 14.3. The summed E-state index contributed by atoms with van der Waals surface area (Å²) in [6.07, 6.45) is 0. The van der Waals surface area contributed by atoms with Crippen LogP contribution in [0.5, 0.6) is 0 Å². The molecule has 1 unspecified atom stereocenters. The monoisotopic (exact) mass is 356 g/mol. The summed E-state index contributed by atoms with van der Waals surface area (Å²) in [5.41, 5.74) is 0.621. The summed E-state index contributed by atoms with van der Waals surface area (Å²) >= 11 is 4.90. The first kappa shape index (κ1) is 13.6. The normalized spacial score (nSPS) is 12.8. The molecule has 2 aromatic carbocycles. The summed E-state index contributed by atoms with van der Waals surface area (Å²) in [7, 11) is 0. The molecule has 0 nitrogen and oxygen atoms in total. The van der Waals surface area contributed by atoms with Gasteiger partial charge in [0, 0.05) is 9.58 Å². The molecule has 1 heterocycles. The van der Waals surface area contributed by atoms with Crippen LogP contribution >= 0.6 is 27.3 Å². The van der Waals surface area contributed by atoms with Crippen LogP contribution in [0, 0.1) is 17.5 Å². The lowest BCUT2D eigenvalue weighted by Gasteiger charge is -2.08. The third-order valence-corrected chi connectivity index (χ3v) is 5.47. The first-order chi connectivity index (χ1) is 9.54. The van der Waals surface area contributed by atoms with Crippen molar-refractivity contribution in [1.82, 2.24) is 0 Å². The average Bonchev–Trinajstić information content (AvgIpc) is 2.84. The van der Waals surface area contributed by atoms with Gasteiger partial charge in [0.1, 0.15) is 5.82 Å². The fourth-order valence-corrected chi connectivity index (χ4v) is 3.78. The molecule has 0 aliphatic heterocycles. The van der Waals surface area contributed by atoms with E-state index in [0.717, 1.165) is 21.0 Å². The predicted octanol–water partition coefficient (Wildman–Crippen LogP) is 5.80. The summed E-state index contributed by atoms with van der Waals surface area (Å²) in [6, 6.07) is 10.3. The van der Waals surface area contributed by atoms with Crippen molar-refractivity contribution < 1.29 is 13.2 Å². The number of hydrogen-bond acceptors (Lipinski definition) is 1. The molecule has 0 radical (unpaired) electrons. The molecular formula is C15H8BrF3S. The lowest BCUT2D eigenvalue weighted by molar-refractivity contribution is 0.507. The number of fused-ring (bicyclic) bond motifs is 1. The van der Waals surface area contributed by atoms with Gasteiger partial charge < -0.3 is 0 Å². The molecule has 0 bridgehead atoms. The second kappa shape index (κ2) is 5.22. The molecule has 3 aromatic rings. The van der Waals surface area contributed by atoms with Gasteiger partial charge in [-0.1, -0.05) is 28.1 Å². The summed E-state index contributed by atoms with van der Waals surface area (Å²) in [6.45, 7) is 0. The molecule has 0 amide bonds. The molecule has 20 heavy (non-hydrogen) atoms. The smallest absolute Gasteiger partial charge is 0.159 e. The number of thiophene rings is 1. The van der Waals surface area contributed by atoms with Crippen LogP contribution in [0.25, 0.3) is 10.1 Å². The molecule has 0 saturated carbocycles. The average molecular weight is 357 g/mol. The third kappa shape index (κ3) is 2.47. The Morgan fingerprint density at radius 3 is 2.45 bits per heavy atom. The Morgan fingerprint density at radius 2 is 1.70 bits per heavy atom. The standard InChI is InChI=1S/C15H8BrF3S/c16-15(9-2-4-11(18)12(19)5-9)14-6-8-1-3-10(17)7-13(8)20-14/h1-7,15H. The maximum atomic E-state index is 13.3. The van der Waals surface area contributed by atoms with Crippen LogP contribution in [0.15, 0.2) is 42.5 Å². The first-order valence-corrected chi connectivity index (χ1v) is 7.56. The summed E-state index contributed by atoms with van der Waals surface area (Å²) in [5, 5.41) is 0.929. The molecule has 0 fully saturated rings. The van der Waals surface area contributed by atoms with E-state index in [-0.39, 0.29) is 10.6 Å². The maximum absolute atomic E-state index is 13.3. The Balaban J connectivity index is 2.02. The quantitative estimate of drug-likeness (QED) is 0.508. The summed E-state index contributed by atoms with van der Waals surface area (Å²) in [4.78, 5) is 0.662. The molecule has 5 heteroatoms. The molecule has 0 saturated heterocycles. The van der Waals surface area contributed by atoms with Crippen LogP contribution in [0.4, 0.5) is 13.2 Å². The zero-order valence-corrected chi connectivity index (χ0v) is 12.4. The van der Waals surface area contributed by atoms with E-state index in [2.05, 4.69) is 15.9 Å². The van der Waals surface area contributed by atoms with Crippen molar-refractivity contribution in [3.63, 3.8) is 0 Å². The van der Waals surface area contributed by atoms with Gasteiger partial charge in [-0.05, 0) is 41.3 Å². The van der Waals surface area contributed by atoms with Gasteiger partial charge in [0.25, 0.3) is 0 Å². The molecule has 102 valence electrons. The predicted molar refractivity (Wildman–Crippen MR) is 78.9 cm³/mol. The Kier molecular flexibility index (Phi) is 3.56. The molecule has 0 aliphatic rings. The van der Waals surface area contributed by atoms with Gasteiger partial charge >= 0.3 is 0 Å². The van der Waals surface area contributed by atoms with E-state index < -0.39 is 11.6 Å². The molecule has 0 aliphatic carbocycles. The van der Waals surface area contributed by atoms with E-state index in [1.165, 1.54) is 35.6 Å². The van der Waals surface area contributed by atoms with Crippen molar-refractivity contribution in [2.75, 3.05) is 0 Å². The van der Waals surface area contributed by atoms with E-state index in [9.17, 15) is 13.2 Å². The van der Waals surface area contributed by atoms with Gasteiger partial charge in [-0.25, -0.2) is 13.2 Å². The number of halogens is 4. The van der Waals surface area contributed by atoms with E-state index >= 15 is 0 Å². The van der Waals surface area contributed by atoms with Crippen LogP contribution < -0.4 is 0 Å². The van der Waals surface area contributed by atoms with Crippen LogP contribution in [-0.4, -0.2) is 0 Å². The largest absolute Gasteiger partial charge is 0.207 e. The van der Waals surface area contributed by atoms with Crippen molar-refractivity contribution in [3.05, 3.63) is 70.4 Å². The first-order valence-electron chi connectivity index (χ1n) is 5.82. The maximum Gasteiger partial charge on any atom is 0.159 e. The Bertz CT molecular complexity index is 782. The minimum absolute atomic E-state index is 0.252. The number of rotatable bonds is 2. The molecule has 1 aromatic heterocycles. The van der Waals surface area contributed by atoms with E-state index in [4.69, 9.17) is 0 Å². The second-order valence-electron chi connectivity index (χ2n) is 4.37. The van der Waals surface area contributed by atoms with Crippen molar-refractivity contribution in [2.45, 2.75) is 4.83 Å². The lowest BCUT2D eigenvalue weighted by Crippen LogP contribution is -1.92. The topological polar surface area (TPSA) is 0 Å². The van der Waals surface area contributed by atoms with Crippen molar-refractivity contribution >= 4 is 37.4 Å². The molecule has 0 N–H and O–H groups in total. The van der Waals surface area contributed by atoms with Crippen LogP contribution in [0.1, 0.15) is 15.3 Å². The number of alkyl halides is 1. The third-order valence-electron chi connectivity index (χ3n) is 2.99. The van der Waals surface area contributed by atoms with Crippen molar-refractivity contribution in [1.29, 1.82) is 0 Å². The molecule has 1 atom stereocenters. The minimum atomic E-state index is -0.876. The van der Waals surface area contributed by atoms with Crippen molar-refractivity contribution in [3.8, 4) is 0 Å².